The highest BCUT2D eigenvalue weighted by molar-refractivity contribution is 6.05. The molecule has 1 unspecified atom stereocenters. The van der Waals surface area contributed by atoms with E-state index in [1.54, 1.807) is 6.20 Å². The first-order chi connectivity index (χ1) is 10.1. The summed E-state index contributed by atoms with van der Waals surface area (Å²) in [5, 5.41) is 3.18. The SMILES string of the molecule is CCC(CC)N1C(=O)CC(NCc2ncccc2C)C1=O. The number of hydrogen-bond donors (Lipinski definition) is 1. The number of hydrogen-bond acceptors (Lipinski definition) is 4. The Morgan fingerprint density at radius 2 is 2.10 bits per heavy atom. The molecule has 1 aliphatic heterocycles. The molecule has 0 aliphatic carbocycles. The van der Waals surface area contributed by atoms with Crippen LogP contribution in [0.2, 0.25) is 0 Å². The third-order valence-electron chi connectivity index (χ3n) is 4.12. The molecule has 5 heteroatoms. The zero-order chi connectivity index (χ0) is 15.4. The molecular formula is C16H23N3O2. The second-order valence-corrected chi connectivity index (χ2v) is 5.48. The van der Waals surface area contributed by atoms with Crippen LogP contribution < -0.4 is 5.32 Å². The van der Waals surface area contributed by atoms with Crippen molar-refractivity contribution < 1.29 is 9.59 Å². The Labute approximate surface area is 125 Å². The van der Waals surface area contributed by atoms with Crippen LogP contribution in [0.25, 0.3) is 0 Å². The number of carbonyl (C=O) groups excluding carboxylic acids is 2. The van der Waals surface area contributed by atoms with Gasteiger partial charge in [0.1, 0.15) is 0 Å². The van der Waals surface area contributed by atoms with Crippen molar-refractivity contribution in [2.75, 3.05) is 0 Å². The first-order valence-corrected chi connectivity index (χ1v) is 7.58. The topological polar surface area (TPSA) is 62.3 Å². The predicted octanol–water partition coefficient (Wildman–Crippen LogP) is 1.80. The molecule has 1 atom stereocenters. The molecule has 0 bridgehead atoms. The lowest BCUT2D eigenvalue weighted by molar-refractivity contribution is -0.141. The van der Waals surface area contributed by atoms with Crippen molar-refractivity contribution in [3.05, 3.63) is 29.6 Å². The highest BCUT2D eigenvalue weighted by Gasteiger charge is 2.40. The molecule has 0 aromatic carbocycles. The van der Waals surface area contributed by atoms with E-state index < -0.39 is 6.04 Å². The average molecular weight is 289 g/mol. The van der Waals surface area contributed by atoms with E-state index in [1.807, 2.05) is 32.9 Å². The number of rotatable bonds is 6. The molecule has 5 nitrogen and oxygen atoms in total. The van der Waals surface area contributed by atoms with Gasteiger partial charge in [-0.05, 0) is 31.4 Å². The van der Waals surface area contributed by atoms with Crippen molar-refractivity contribution in [1.82, 2.24) is 15.2 Å². The fourth-order valence-corrected chi connectivity index (χ4v) is 2.77. The van der Waals surface area contributed by atoms with E-state index in [0.717, 1.165) is 24.1 Å². The summed E-state index contributed by atoms with van der Waals surface area (Å²) in [4.78, 5) is 30.2. The highest BCUT2D eigenvalue weighted by atomic mass is 16.2. The molecule has 2 heterocycles. The zero-order valence-corrected chi connectivity index (χ0v) is 12.9. The van der Waals surface area contributed by atoms with Crippen LogP contribution in [0.4, 0.5) is 0 Å². The molecule has 0 saturated carbocycles. The summed E-state index contributed by atoms with van der Waals surface area (Å²) in [7, 11) is 0. The van der Waals surface area contributed by atoms with Gasteiger partial charge < -0.3 is 0 Å². The summed E-state index contributed by atoms with van der Waals surface area (Å²) in [6, 6.07) is 3.48. The lowest BCUT2D eigenvalue weighted by atomic mass is 10.1. The van der Waals surface area contributed by atoms with Crippen molar-refractivity contribution >= 4 is 11.8 Å². The van der Waals surface area contributed by atoms with Crippen LogP contribution in [0.5, 0.6) is 0 Å². The van der Waals surface area contributed by atoms with Crippen LogP contribution in [0.3, 0.4) is 0 Å². The Morgan fingerprint density at radius 1 is 1.38 bits per heavy atom. The molecule has 1 aromatic heterocycles. The van der Waals surface area contributed by atoms with Gasteiger partial charge in [-0.25, -0.2) is 0 Å². The lowest BCUT2D eigenvalue weighted by Crippen LogP contribution is -2.43. The molecule has 2 amide bonds. The maximum absolute atomic E-state index is 12.4. The minimum atomic E-state index is -0.417. The van der Waals surface area contributed by atoms with Crippen molar-refractivity contribution in [3.63, 3.8) is 0 Å². The maximum Gasteiger partial charge on any atom is 0.247 e. The van der Waals surface area contributed by atoms with Crippen LogP contribution in [0.1, 0.15) is 44.4 Å². The van der Waals surface area contributed by atoms with Crippen molar-refractivity contribution in [1.29, 1.82) is 0 Å². The third-order valence-corrected chi connectivity index (χ3v) is 4.12. The van der Waals surface area contributed by atoms with Crippen LogP contribution in [0.15, 0.2) is 18.3 Å². The Balaban J connectivity index is 2.01. The number of amides is 2. The summed E-state index contributed by atoms with van der Waals surface area (Å²) >= 11 is 0. The average Bonchev–Trinajstić information content (AvgIpc) is 2.76. The molecule has 21 heavy (non-hydrogen) atoms. The number of carbonyl (C=O) groups is 2. The second-order valence-electron chi connectivity index (χ2n) is 5.48. The van der Waals surface area contributed by atoms with Gasteiger partial charge in [-0.3, -0.25) is 24.8 Å². The molecule has 0 spiro atoms. The fraction of sp³-hybridized carbons (Fsp3) is 0.562. The van der Waals surface area contributed by atoms with Gasteiger partial charge in [0.2, 0.25) is 11.8 Å². The molecule has 114 valence electrons. The maximum atomic E-state index is 12.4. The summed E-state index contributed by atoms with van der Waals surface area (Å²) < 4.78 is 0. The number of aryl methyl sites for hydroxylation is 1. The lowest BCUT2D eigenvalue weighted by Gasteiger charge is -2.24. The number of nitrogens with one attached hydrogen (secondary N) is 1. The van der Waals surface area contributed by atoms with Gasteiger partial charge in [-0.15, -0.1) is 0 Å². The summed E-state index contributed by atoms with van der Waals surface area (Å²) in [5.74, 6) is -0.161. The van der Waals surface area contributed by atoms with Gasteiger partial charge in [0, 0.05) is 18.8 Å². The number of pyridine rings is 1. The Hall–Kier alpha value is -1.75. The Bertz CT molecular complexity index is 526. The van der Waals surface area contributed by atoms with E-state index in [0.29, 0.717) is 6.54 Å². The van der Waals surface area contributed by atoms with E-state index in [2.05, 4.69) is 10.3 Å². The first-order valence-electron chi connectivity index (χ1n) is 7.58. The van der Waals surface area contributed by atoms with E-state index in [9.17, 15) is 9.59 Å². The van der Waals surface area contributed by atoms with Crippen LogP contribution in [-0.4, -0.2) is 33.8 Å². The molecule has 1 fully saturated rings. The standard InChI is InChI=1S/C16H23N3O2/c1-4-12(5-2)19-15(20)9-13(16(19)21)18-10-14-11(3)7-6-8-17-14/h6-8,12-13,18H,4-5,9-10H2,1-3H3. The molecule has 1 aliphatic rings. The van der Waals surface area contributed by atoms with E-state index in [-0.39, 0.29) is 24.3 Å². The van der Waals surface area contributed by atoms with Gasteiger partial charge in [-0.1, -0.05) is 19.9 Å². The van der Waals surface area contributed by atoms with Crippen molar-refractivity contribution in [3.8, 4) is 0 Å². The predicted molar refractivity (Wildman–Crippen MR) is 80.4 cm³/mol. The highest BCUT2D eigenvalue weighted by Crippen LogP contribution is 2.20. The normalized spacial score (nSPS) is 18.9. The molecule has 2 rings (SSSR count). The smallest absolute Gasteiger partial charge is 0.247 e. The monoisotopic (exact) mass is 289 g/mol. The van der Waals surface area contributed by atoms with Gasteiger partial charge in [0.25, 0.3) is 0 Å². The minimum Gasteiger partial charge on any atom is -0.300 e. The van der Waals surface area contributed by atoms with E-state index in [4.69, 9.17) is 0 Å². The second kappa shape index (κ2) is 6.80. The van der Waals surface area contributed by atoms with Crippen molar-refractivity contribution in [2.45, 2.75) is 58.7 Å². The molecule has 0 radical (unpaired) electrons. The Kier molecular flexibility index (Phi) is 5.07. The van der Waals surface area contributed by atoms with E-state index in [1.165, 1.54) is 4.90 Å². The van der Waals surface area contributed by atoms with Gasteiger partial charge in [0.15, 0.2) is 0 Å². The third kappa shape index (κ3) is 3.29. The summed E-state index contributed by atoms with van der Waals surface area (Å²) in [5.41, 5.74) is 2.00. The van der Waals surface area contributed by atoms with Gasteiger partial charge >= 0.3 is 0 Å². The molecule has 1 N–H and O–H groups in total. The number of likely N-dealkylation sites (tertiary alicyclic amines) is 1. The van der Waals surface area contributed by atoms with Crippen molar-refractivity contribution in [2.24, 2.45) is 0 Å². The number of aromatic nitrogens is 1. The minimum absolute atomic E-state index is 0.0217. The number of imide groups is 1. The number of nitrogens with zero attached hydrogens (tertiary/aromatic N) is 2. The van der Waals surface area contributed by atoms with Crippen LogP contribution in [0, 0.1) is 6.92 Å². The van der Waals surface area contributed by atoms with Gasteiger partial charge in [-0.2, -0.15) is 0 Å². The van der Waals surface area contributed by atoms with Crippen LogP contribution >= 0.6 is 0 Å². The molecule has 1 saturated heterocycles. The van der Waals surface area contributed by atoms with Crippen LogP contribution in [-0.2, 0) is 16.1 Å². The van der Waals surface area contributed by atoms with Gasteiger partial charge in [0.05, 0.1) is 18.2 Å². The Morgan fingerprint density at radius 3 is 2.71 bits per heavy atom. The summed E-state index contributed by atoms with van der Waals surface area (Å²) in [6.45, 7) is 6.51. The summed E-state index contributed by atoms with van der Waals surface area (Å²) in [6.07, 6.45) is 3.60. The fourth-order valence-electron chi connectivity index (χ4n) is 2.77. The van der Waals surface area contributed by atoms with E-state index >= 15 is 0 Å². The quantitative estimate of drug-likeness (QED) is 0.811. The largest absolute Gasteiger partial charge is 0.300 e. The zero-order valence-electron chi connectivity index (χ0n) is 12.9. The molecular weight excluding hydrogens is 266 g/mol. The molecule has 1 aromatic rings. The first kappa shape index (κ1) is 15.6.